The minimum absolute atomic E-state index is 0.0256. The van der Waals surface area contributed by atoms with Crippen LogP contribution in [0.15, 0.2) is 18.2 Å². The van der Waals surface area contributed by atoms with Gasteiger partial charge in [0, 0.05) is 31.0 Å². The monoisotopic (exact) mass is 461 g/mol. The molecule has 4 heterocycles. The largest absolute Gasteiger partial charge is 0.477 e. The summed E-state index contributed by atoms with van der Waals surface area (Å²) in [6.07, 6.45) is 2.45. The van der Waals surface area contributed by atoms with Crippen molar-refractivity contribution < 1.29 is 34.1 Å². The average molecular weight is 461 g/mol. The van der Waals surface area contributed by atoms with Crippen LogP contribution in [0.4, 0.5) is 0 Å². The molecule has 0 bridgehead atoms. The van der Waals surface area contributed by atoms with Gasteiger partial charge in [-0.3, -0.25) is 18.8 Å². The lowest BCUT2D eigenvalue weighted by Crippen LogP contribution is -2.66. The Morgan fingerprint density at radius 3 is 2.59 bits per heavy atom. The van der Waals surface area contributed by atoms with Crippen LogP contribution in [0.25, 0.3) is 10.4 Å². The summed E-state index contributed by atoms with van der Waals surface area (Å²) < 4.78 is 6.79. The second kappa shape index (κ2) is 7.52. The zero-order chi connectivity index (χ0) is 23.5. The molecular weight excluding hydrogens is 438 g/mol. The predicted octanol–water partition coefficient (Wildman–Crippen LogP) is 1.57. The maximum Gasteiger partial charge on any atom is 0.352 e. The highest BCUT2D eigenvalue weighted by atomic mass is 32.1. The summed E-state index contributed by atoms with van der Waals surface area (Å²) in [6, 6.07) is -0.599. The number of hydrogen-bond acceptors (Lipinski definition) is 8. The van der Waals surface area contributed by atoms with E-state index < -0.39 is 41.3 Å². The van der Waals surface area contributed by atoms with Crippen LogP contribution in [0.5, 0.6) is 0 Å². The van der Waals surface area contributed by atoms with Crippen molar-refractivity contribution in [3.63, 3.8) is 0 Å². The van der Waals surface area contributed by atoms with Crippen LogP contribution in [0.2, 0.25) is 0 Å². The Bertz CT molecular complexity index is 1190. The van der Waals surface area contributed by atoms with Crippen LogP contribution < -0.4 is 0 Å². The van der Waals surface area contributed by atoms with Gasteiger partial charge in [0.1, 0.15) is 22.5 Å². The lowest BCUT2D eigenvalue weighted by atomic mass is 9.66. The van der Waals surface area contributed by atoms with Gasteiger partial charge in [-0.05, 0) is 13.3 Å². The highest BCUT2D eigenvalue weighted by molar-refractivity contribution is 7.18. The molecule has 170 valence electrons. The number of fused-ring (bicyclic) bond motifs is 2. The van der Waals surface area contributed by atoms with Crippen LogP contribution in [-0.2, 0) is 19.1 Å². The number of nitrogens with zero attached hydrogens (tertiary/aromatic N) is 3. The van der Waals surface area contributed by atoms with Crippen LogP contribution in [0, 0.1) is 11.3 Å². The third-order valence-corrected chi connectivity index (χ3v) is 7.41. The van der Waals surface area contributed by atoms with Gasteiger partial charge in [-0.2, -0.15) is 0 Å². The second-order valence-corrected chi connectivity index (χ2v) is 9.44. The summed E-state index contributed by atoms with van der Waals surface area (Å²) in [7, 11) is 0. The number of aliphatic hydroxyl groups is 1. The summed E-state index contributed by atoms with van der Waals surface area (Å²) >= 11 is 1.21. The summed E-state index contributed by atoms with van der Waals surface area (Å²) in [5.41, 5.74) is -0.365. The smallest absolute Gasteiger partial charge is 0.352 e. The van der Waals surface area contributed by atoms with E-state index in [-0.39, 0.29) is 30.2 Å². The Balaban J connectivity index is 1.90. The third kappa shape index (κ3) is 3.06. The number of Topliss-reactive ketones (excluding diaryl/α,β-unsaturated/α-hetero) is 1. The molecule has 32 heavy (non-hydrogen) atoms. The zero-order valence-corrected chi connectivity index (χ0v) is 18.8. The quantitative estimate of drug-likeness (QED) is 0.360. The fraction of sp³-hybridized carbons (Fsp3) is 0.476. The standard InChI is InChI=1S/C21H23N3O7S/c1-9(25)13-17-21(4,5-6-31-11(3)27)14(16(20(29)30)24(17)18(13)28)12-7-23-8-22-15(10(2)26)19(23)32-12/h7-9,13,17,25H,5-6H2,1-4H3,(H,29,30)/t9?,13-,17-,21+/m1/s1. The average Bonchev–Trinajstić information content (AvgIpc) is 3.29. The molecule has 0 radical (unpaired) electrons. The Morgan fingerprint density at radius 1 is 1.34 bits per heavy atom. The van der Waals surface area contributed by atoms with Crippen molar-refractivity contribution in [3.8, 4) is 0 Å². The summed E-state index contributed by atoms with van der Waals surface area (Å²) in [5, 5.41) is 20.3. The molecule has 11 heteroatoms. The van der Waals surface area contributed by atoms with Crippen molar-refractivity contribution in [2.45, 2.75) is 46.3 Å². The van der Waals surface area contributed by atoms with Crippen molar-refractivity contribution >= 4 is 45.4 Å². The van der Waals surface area contributed by atoms with E-state index in [4.69, 9.17) is 4.74 Å². The van der Waals surface area contributed by atoms with Gasteiger partial charge >= 0.3 is 11.9 Å². The maximum absolute atomic E-state index is 12.8. The minimum Gasteiger partial charge on any atom is -0.477 e. The van der Waals surface area contributed by atoms with Gasteiger partial charge < -0.3 is 19.8 Å². The molecule has 2 aromatic heterocycles. The molecular formula is C21H23N3O7S. The number of rotatable bonds is 7. The minimum atomic E-state index is -1.26. The molecule has 1 saturated heterocycles. The van der Waals surface area contributed by atoms with Crippen LogP contribution in [-0.4, -0.2) is 66.9 Å². The number of carbonyl (C=O) groups excluding carboxylic acids is 3. The van der Waals surface area contributed by atoms with Gasteiger partial charge in [0.05, 0.1) is 29.5 Å². The molecule has 0 saturated carbocycles. The number of hydrogen-bond donors (Lipinski definition) is 2. The number of carboxylic acid groups (broad SMARTS) is 1. The number of carbonyl (C=O) groups is 4. The highest BCUT2D eigenvalue weighted by Gasteiger charge is 2.66. The number of imidazole rings is 1. The number of amides is 1. The summed E-state index contributed by atoms with van der Waals surface area (Å²) in [6.45, 7) is 6.04. The number of aliphatic carboxylic acids is 1. The van der Waals surface area contributed by atoms with Gasteiger partial charge in [0.2, 0.25) is 5.91 Å². The summed E-state index contributed by atoms with van der Waals surface area (Å²) in [4.78, 5) is 54.9. The van der Waals surface area contributed by atoms with E-state index in [9.17, 15) is 29.4 Å². The first-order valence-corrected chi connectivity index (χ1v) is 10.9. The number of esters is 1. The zero-order valence-electron chi connectivity index (χ0n) is 18.0. The van der Waals surface area contributed by atoms with Gasteiger partial charge in [0.15, 0.2) is 5.78 Å². The van der Waals surface area contributed by atoms with Crippen molar-refractivity contribution in [1.82, 2.24) is 14.3 Å². The molecule has 1 unspecified atom stereocenters. The topological polar surface area (TPSA) is 139 Å². The molecule has 1 amide bonds. The van der Waals surface area contributed by atoms with Crippen molar-refractivity contribution in [3.05, 3.63) is 28.8 Å². The fourth-order valence-electron chi connectivity index (χ4n) is 4.90. The van der Waals surface area contributed by atoms with Crippen LogP contribution in [0.1, 0.15) is 49.5 Å². The molecule has 2 aromatic rings. The highest BCUT2D eigenvalue weighted by Crippen LogP contribution is 2.59. The van der Waals surface area contributed by atoms with Gasteiger partial charge in [-0.25, -0.2) is 9.78 Å². The maximum atomic E-state index is 12.8. The van der Waals surface area contributed by atoms with E-state index in [1.165, 1.54) is 43.3 Å². The van der Waals surface area contributed by atoms with E-state index in [0.717, 1.165) is 0 Å². The van der Waals surface area contributed by atoms with E-state index >= 15 is 0 Å². The Hall–Kier alpha value is -3.05. The van der Waals surface area contributed by atoms with Gasteiger partial charge in [-0.15, -0.1) is 11.3 Å². The number of aromatic nitrogens is 2. The van der Waals surface area contributed by atoms with E-state index in [1.54, 1.807) is 10.6 Å². The Morgan fingerprint density at radius 2 is 2.03 bits per heavy atom. The molecule has 0 aliphatic carbocycles. The number of ether oxygens (including phenoxy) is 1. The number of β-lactam (4-membered cyclic amide) rings is 1. The van der Waals surface area contributed by atoms with Crippen molar-refractivity contribution in [1.29, 1.82) is 0 Å². The van der Waals surface area contributed by atoms with Gasteiger partial charge in [0.25, 0.3) is 0 Å². The molecule has 2 N–H and O–H groups in total. The van der Waals surface area contributed by atoms with Crippen molar-refractivity contribution in [2.75, 3.05) is 6.61 Å². The molecule has 0 spiro atoms. The van der Waals surface area contributed by atoms with Crippen LogP contribution in [0.3, 0.4) is 0 Å². The first kappa shape index (κ1) is 22.2. The molecule has 0 aromatic carbocycles. The lowest BCUT2D eigenvalue weighted by Gasteiger charge is -2.50. The van der Waals surface area contributed by atoms with E-state index in [2.05, 4.69) is 4.98 Å². The number of aliphatic hydroxyl groups excluding tert-OH is 1. The first-order valence-electron chi connectivity index (χ1n) is 10.1. The second-order valence-electron chi connectivity index (χ2n) is 8.41. The Kier molecular flexibility index (Phi) is 5.21. The molecule has 2 aliphatic rings. The predicted molar refractivity (Wildman–Crippen MR) is 113 cm³/mol. The molecule has 10 nitrogen and oxygen atoms in total. The number of carboxylic acids is 1. The van der Waals surface area contributed by atoms with E-state index in [1.807, 2.05) is 6.92 Å². The fourth-order valence-corrected chi connectivity index (χ4v) is 6.20. The lowest BCUT2D eigenvalue weighted by molar-refractivity contribution is -0.167. The number of ketones is 1. The van der Waals surface area contributed by atoms with E-state index in [0.29, 0.717) is 15.3 Å². The SMILES string of the molecule is CC(=O)OCC[C@@]1(C)C(c2cn3cnc(C(C)=O)c3s2)=C(C(=O)O)N2C(=O)[C@H](C(C)O)[C@@H]21. The molecule has 2 aliphatic heterocycles. The summed E-state index contributed by atoms with van der Waals surface area (Å²) in [5.74, 6) is -3.17. The van der Waals surface area contributed by atoms with Crippen LogP contribution >= 0.6 is 11.3 Å². The first-order chi connectivity index (χ1) is 15.0. The third-order valence-electron chi connectivity index (χ3n) is 6.28. The van der Waals surface area contributed by atoms with Crippen molar-refractivity contribution in [2.24, 2.45) is 11.3 Å². The molecule has 4 rings (SSSR count). The Labute approximate surface area is 187 Å². The molecule has 4 atom stereocenters. The number of thiazole rings is 1. The normalized spacial score (nSPS) is 25.7. The van der Waals surface area contributed by atoms with Gasteiger partial charge in [-0.1, -0.05) is 6.92 Å². The molecule has 1 fully saturated rings.